The minimum atomic E-state index is -0.455. The van der Waals surface area contributed by atoms with Crippen LogP contribution in [0.15, 0.2) is 24.5 Å². The van der Waals surface area contributed by atoms with Crippen LogP contribution in [-0.4, -0.2) is 19.7 Å². The molecule has 0 fully saturated rings. The molecule has 0 unspecified atom stereocenters. The molecule has 7 heteroatoms. The maximum absolute atomic E-state index is 14.0. The van der Waals surface area contributed by atoms with E-state index in [0.29, 0.717) is 28.0 Å². The Kier molecular flexibility index (Phi) is 2.34. The summed E-state index contributed by atoms with van der Waals surface area (Å²) >= 11 is 0. The third kappa shape index (κ3) is 1.67. The van der Waals surface area contributed by atoms with Crippen molar-refractivity contribution in [2.75, 3.05) is 11.5 Å². The van der Waals surface area contributed by atoms with Crippen LogP contribution in [0.3, 0.4) is 0 Å². The van der Waals surface area contributed by atoms with Crippen molar-refractivity contribution < 1.29 is 4.39 Å². The molecule has 0 aliphatic heterocycles. The number of hydrogen-bond acceptors (Lipinski definition) is 5. The van der Waals surface area contributed by atoms with Gasteiger partial charge in [-0.25, -0.2) is 19.0 Å². The van der Waals surface area contributed by atoms with Crippen LogP contribution in [0.5, 0.6) is 0 Å². The summed E-state index contributed by atoms with van der Waals surface area (Å²) in [5.74, 6) is -0.187. The number of benzene rings is 1. The first-order chi connectivity index (χ1) is 9.08. The van der Waals surface area contributed by atoms with Gasteiger partial charge in [-0.3, -0.25) is 0 Å². The van der Waals surface area contributed by atoms with E-state index in [0.717, 1.165) is 0 Å². The molecule has 0 saturated carbocycles. The molecule has 0 saturated heterocycles. The SMILES string of the molecule is Cn1nc(-c2ccc(N)cc2F)c2c(N)ncnc21. The van der Waals surface area contributed by atoms with Gasteiger partial charge < -0.3 is 11.5 Å². The number of aromatic nitrogens is 4. The van der Waals surface area contributed by atoms with Crippen molar-refractivity contribution in [2.24, 2.45) is 7.05 Å². The molecule has 1 aromatic carbocycles. The molecule has 2 heterocycles. The van der Waals surface area contributed by atoms with Crippen molar-refractivity contribution in [1.82, 2.24) is 19.7 Å². The number of nitrogens with zero attached hydrogens (tertiary/aromatic N) is 4. The Morgan fingerprint density at radius 3 is 2.74 bits per heavy atom. The van der Waals surface area contributed by atoms with Gasteiger partial charge >= 0.3 is 0 Å². The smallest absolute Gasteiger partial charge is 0.163 e. The molecule has 0 aliphatic carbocycles. The second-order valence-corrected chi connectivity index (χ2v) is 4.17. The quantitative estimate of drug-likeness (QED) is 0.642. The van der Waals surface area contributed by atoms with E-state index in [1.54, 1.807) is 23.9 Å². The number of nitrogen functional groups attached to an aromatic ring is 2. The molecule has 3 rings (SSSR count). The second kappa shape index (κ2) is 3.91. The average Bonchev–Trinajstić information content (AvgIpc) is 2.68. The molecule has 3 aromatic rings. The molecular formula is C12H11FN6. The average molecular weight is 258 g/mol. The van der Waals surface area contributed by atoms with Crippen LogP contribution in [0, 0.1) is 5.82 Å². The van der Waals surface area contributed by atoms with Crippen LogP contribution < -0.4 is 11.5 Å². The fourth-order valence-electron chi connectivity index (χ4n) is 2.02. The van der Waals surface area contributed by atoms with Gasteiger partial charge in [0, 0.05) is 18.3 Å². The van der Waals surface area contributed by atoms with Gasteiger partial charge in [-0.15, -0.1) is 0 Å². The van der Waals surface area contributed by atoms with Crippen LogP contribution in [0.4, 0.5) is 15.9 Å². The fourth-order valence-corrected chi connectivity index (χ4v) is 2.02. The number of anilines is 2. The topological polar surface area (TPSA) is 95.6 Å². The van der Waals surface area contributed by atoms with E-state index in [2.05, 4.69) is 15.1 Å². The molecule has 0 atom stereocenters. The summed E-state index contributed by atoms with van der Waals surface area (Å²) in [5.41, 5.74) is 13.0. The Bertz CT molecular complexity index is 779. The minimum Gasteiger partial charge on any atom is -0.399 e. The number of aryl methyl sites for hydroxylation is 1. The summed E-state index contributed by atoms with van der Waals surface area (Å²) in [5, 5.41) is 4.80. The normalized spacial score (nSPS) is 11.1. The third-order valence-corrected chi connectivity index (χ3v) is 2.90. The van der Waals surface area contributed by atoms with Crippen molar-refractivity contribution in [1.29, 1.82) is 0 Å². The molecule has 0 bridgehead atoms. The molecule has 0 aliphatic rings. The summed E-state index contributed by atoms with van der Waals surface area (Å²) in [7, 11) is 1.72. The van der Waals surface area contributed by atoms with Crippen molar-refractivity contribution in [3.63, 3.8) is 0 Å². The molecule has 0 spiro atoms. The number of hydrogen-bond donors (Lipinski definition) is 2. The predicted molar refractivity (Wildman–Crippen MR) is 70.5 cm³/mol. The van der Waals surface area contributed by atoms with Crippen molar-refractivity contribution in [3.05, 3.63) is 30.3 Å². The molecular weight excluding hydrogens is 247 g/mol. The van der Waals surface area contributed by atoms with Crippen molar-refractivity contribution >= 4 is 22.5 Å². The van der Waals surface area contributed by atoms with Crippen LogP contribution in [0.2, 0.25) is 0 Å². The lowest BCUT2D eigenvalue weighted by molar-refractivity contribution is 0.631. The first kappa shape index (κ1) is 11.4. The first-order valence-corrected chi connectivity index (χ1v) is 5.56. The lowest BCUT2D eigenvalue weighted by Gasteiger charge is -2.02. The van der Waals surface area contributed by atoms with E-state index in [1.807, 2.05) is 0 Å². The molecule has 6 nitrogen and oxygen atoms in total. The van der Waals surface area contributed by atoms with E-state index in [-0.39, 0.29) is 5.82 Å². The highest BCUT2D eigenvalue weighted by molar-refractivity contribution is 5.98. The van der Waals surface area contributed by atoms with Gasteiger partial charge in [-0.05, 0) is 18.2 Å². The zero-order valence-electron chi connectivity index (χ0n) is 10.1. The minimum absolute atomic E-state index is 0.268. The lowest BCUT2D eigenvalue weighted by atomic mass is 10.1. The van der Waals surface area contributed by atoms with E-state index < -0.39 is 5.82 Å². The van der Waals surface area contributed by atoms with Gasteiger partial charge in [0.15, 0.2) is 5.65 Å². The van der Waals surface area contributed by atoms with Crippen LogP contribution >= 0.6 is 0 Å². The van der Waals surface area contributed by atoms with Crippen molar-refractivity contribution in [3.8, 4) is 11.3 Å². The van der Waals surface area contributed by atoms with Gasteiger partial charge in [-0.2, -0.15) is 5.10 Å². The van der Waals surface area contributed by atoms with Gasteiger partial charge in [0.2, 0.25) is 0 Å². The Hall–Kier alpha value is -2.70. The van der Waals surface area contributed by atoms with Crippen LogP contribution in [0.25, 0.3) is 22.3 Å². The Balaban J connectivity index is 2.37. The zero-order chi connectivity index (χ0) is 13.6. The largest absolute Gasteiger partial charge is 0.399 e. The maximum Gasteiger partial charge on any atom is 0.163 e. The molecule has 2 aromatic heterocycles. The highest BCUT2D eigenvalue weighted by Crippen LogP contribution is 2.31. The third-order valence-electron chi connectivity index (χ3n) is 2.90. The summed E-state index contributed by atoms with van der Waals surface area (Å²) in [6.07, 6.45) is 1.35. The summed E-state index contributed by atoms with van der Waals surface area (Å²) in [6.45, 7) is 0. The number of nitrogens with two attached hydrogens (primary N) is 2. The molecule has 4 N–H and O–H groups in total. The Morgan fingerprint density at radius 2 is 2.00 bits per heavy atom. The van der Waals surface area contributed by atoms with E-state index in [4.69, 9.17) is 11.5 Å². The lowest BCUT2D eigenvalue weighted by Crippen LogP contribution is -1.95. The van der Waals surface area contributed by atoms with Crippen LogP contribution in [-0.2, 0) is 7.05 Å². The molecule has 0 radical (unpaired) electrons. The molecule has 19 heavy (non-hydrogen) atoms. The molecule has 0 amide bonds. The van der Waals surface area contributed by atoms with E-state index in [9.17, 15) is 4.39 Å². The second-order valence-electron chi connectivity index (χ2n) is 4.17. The zero-order valence-corrected chi connectivity index (χ0v) is 10.1. The maximum atomic E-state index is 14.0. The van der Waals surface area contributed by atoms with Gasteiger partial charge in [0.25, 0.3) is 0 Å². The standard InChI is InChI=1S/C12H11FN6/c1-19-12-9(11(15)16-5-17-12)10(18-19)7-3-2-6(14)4-8(7)13/h2-5H,14H2,1H3,(H2,15,16,17). The van der Waals surface area contributed by atoms with E-state index >= 15 is 0 Å². The number of fused-ring (bicyclic) bond motifs is 1. The number of halogens is 1. The van der Waals surface area contributed by atoms with Crippen LogP contribution in [0.1, 0.15) is 0 Å². The monoisotopic (exact) mass is 258 g/mol. The Labute approximate surface area is 107 Å². The van der Waals surface area contributed by atoms with Crippen molar-refractivity contribution in [2.45, 2.75) is 0 Å². The fraction of sp³-hybridized carbons (Fsp3) is 0.0833. The van der Waals surface area contributed by atoms with Gasteiger partial charge in [0.1, 0.15) is 23.7 Å². The summed E-state index contributed by atoms with van der Waals surface area (Å²) in [4.78, 5) is 8.02. The van der Waals surface area contributed by atoms with E-state index in [1.165, 1.54) is 12.4 Å². The predicted octanol–water partition coefficient (Wildman–Crippen LogP) is 1.33. The van der Waals surface area contributed by atoms with Gasteiger partial charge in [0.05, 0.1) is 5.39 Å². The highest BCUT2D eigenvalue weighted by atomic mass is 19.1. The molecule has 96 valence electrons. The summed E-state index contributed by atoms with van der Waals surface area (Å²) < 4.78 is 15.5. The Morgan fingerprint density at radius 1 is 1.21 bits per heavy atom. The first-order valence-electron chi connectivity index (χ1n) is 5.56. The highest BCUT2D eigenvalue weighted by Gasteiger charge is 2.17. The number of rotatable bonds is 1. The van der Waals surface area contributed by atoms with Gasteiger partial charge in [-0.1, -0.05) is 0 Å². The summed E-state index contributed by atoms with van der Waals surface area (Å²) in [6, 6.07) is 4.42.